The summed E-state index contributed by atoms with van der Waals surface area (Å²) in [6.45, 7) is 2.80. The first-order chi connectivity index (χ1) is 9.72. The maximum atomic E-state index is 11.6. The number of nitrogens with one attached hydrogen (secondary N) is 2. The fraction of sp³-hybridized carbons (Fsp3) is 0.333. The molecule has 1 aromatic carbocycles. The van der Waals surface area contributed by atoms with E-state index < -0.39 is 0 Å². The number of aryl methyl sites for hydroxylation is 1. The van der Waals surface area contributed by atoms with Crippen LogP contribution in [0.2, 0.25) is 0 Å². The second-order valence-corrected chi connectivity index (χ2v) is 5.99. The van der Waals surface area contributed by atoms with E-state index >= 15 is 0 Å². The summed E-state index contributed by atoms with van der Waals surface area (Å²) < 4.78 is 0. The lowest BCUT2D eigenvalue weighted by molar-refractivity contribution is -0.117. The van der Waals surface area contributed by atoms with Crippen LogP contribution in [-0.2, 0) is 11.3 Å². The van der Waals surface area contributed by atoms with Gasteiger partial charge >= 0.3 is 0 Å². The summed E-state index contributed by atoms with van der Waals surface area (Å²) in [5.74, 6) is 0.382. The molecule has 1 fully saturated rings. The highest BCUT2D eigenvalue weighted by Crippen LogP contribution is 2.30. The van der Waals surface area contributed by atoms with E-state index in [0.717, 1.165) is 36.5 Å². The van der Waals surface area contributed by atoms with Gasteiger partial charge in [0.25, 0.3) is 0 Å². The van der Waals surface area contributed by atoms with Crippen LogP contribution in [-0.4, -0.2) is 10.9 Å². The predicted molar refractivity (Wildman–Crippen MR) is 82.0 cm³/mol. The zero-order valence-corrected chi connectivity index (χ0v) is 12.2. The third kappa shape index (κ3) is 3.17. The Kier molecular flexibility index (Phi) is 3.69. The lowest BCUT2D eigenvalue weighted by atomic mass is 10.2. The van der Waals surface area contributed by atoms with E-state index in [-0.39, 0.29) is 11.8 Å². The third-order valence-electron chi connectivity index (χ3n) is 3.40. The second-order valence-electron chi connectivity index (χ2n) is 5.06. The monoisotopic (exact) mass is 287 g/mol. The van der Waals surface area contributed by atoms with Crippen molar-refractivity contribution < 1.29 is 4.79 Å². The lowest BCUT2D eigenvalue weighted by Crippen LogP contribution is -2.13. The molecule has 104 valence electrons. The number of hydrogen-bond acceptors (Lipinski definition) is 4. The maximum absolute atomic E-state index is 11.6. The molecule has 4 nitrogen and oxygen atoms in total. The molecule has 0 saturated heterocycles. The molecule has 3 rings (SSSR count). The Balaban J connectivity index is 1.55. The number of rotatable bonds is 5. The molecular weight excluding hydrogens is 270 g/mol. The molecule has 1 aliphatic carbocycles. The smallest absolute Gasteiger partial charge is 0.227 e. The van der Waals surface area contributed by atoms with Gasteiger partial charge in [0.05, 0.1) is 17.7 Å². The van der Waals surface area contributed by atoms with Crippen molar-refractivity contribution >= 4 is 28.6 Å². The highest BCUT2D eigenvalue weighted by atomic mass is 32.1. The van der Waals surface area contributed by atoms with E-state index in [1.165, 1.54) is 4.88 Å². The average molecular weight is 287 g/mol. The Morgan fingerprint density at radius 2 is 2.00 bits per heavy atom. The van der Waals surface area contributed by atoms with Crippen LogP contribution in [0.25, 0.3) is 0 Å². The second kappa shape index (κ2) is 5.63. The topological polar surface area (TPSA) is 54.0 Å². The Bertz CT molecular complexity index is 602. The van der Waals surface area contributed by atoms with Crippen LogP contribution < -0.4 is 10.6 Å². The van der Waals surface area contributed by atoms with Gasteiger partial charge in [0.2, 0.25) is 5.91 Å². The molecule has 0 bridgehead atoms. The number of thiazole rings is 1. The van der Waals surface area contributed by atoms with Gasteiger partial charge in [-0.15, -0.1) is 11.3 Å². The summed E-state index contributed by atoms with van der Waals surface area (Å²) in [5.41, 5.74) is 4.85. The van der Waals surface area contributed by atoms with Crippen molar-refractivity contribution in [2.75, 3.05) is 10.6 Å². The summed E-state index contributed by atoms with van der Waals surface area (Å²) in [5, 5.41) is 6.30. The number of nitrogens with zero attached hydrogens (tertiary/aromatic N) is 1. The fourth-order valence-corrected chi connectivity index (χ4v) is 2.66. The summed E-state index contributed by atoms with van der Waals surface area (Å²) in [4.78, 5) is 17.1. The van der Waals surface area contributed by atoms with Crippen molar-refractivity contribution in [3.63, 3.8) is 0 Å². The fourth-order valence-electron chi connectivity index (χ4n) is 1.94. The Hall–Kier alpha value is -1.88. The van der Waals surface area contributed by atoms with Gasteiger partial charge in [-0.3, -0.25) is 4.79 Å². The van der Waals surface area contributed by atoms with Gasteiger partial charge in [-0.25, -0.2) is 4.98 Å². The number of aromatic nitrogens is 1. The van der Waals surface area contributed by atoms with Crippen LogP contribution in [0.15, 0.2) is 29.8 Å². The van der Waals surface area contributed by atoms with E-state index in [2.05, 4.69) is 15.6 Å². The molecule has 5 heteroatoms. The molecule has 0 spiro atoms. The van der Waals surface area contributed by atoms with Crippen molar-refractivity contribution in [3.05, 3.63) is 40.3 Å². The summed E-state index contributed by atoms with van der Waals surface area (Å²) >= 11 is 1.66. The van der Waals surface area contributed by atoms with Crippen LogP contribution in [0.4, 0.5) is 11.4 Å². The zero-order chi connectivity index (χ0) is 13.9. The number of anilines is 2. The molecule has 2 aromatic rings. The van der Waals surface area contributed by atoms with Crippen molar-refractivity contribution in [1.82, 2.24) is 4.98 Å². The van der Waals surface area contributed by atoms with E-state index in [0.29, 0.717) is 0 Å². The lowest BCUT2D eigenvalue weighted by Gasteiger charge is -2.08. The standard InChI is InChI=1S/C15H17N3OS/c1-10-14(20-9-17-10)8-16-12-4-6-13(7-5-12)18-15(19)11-2-3-11/h4-7,9,11,16H,2-3,8H2,1H3,(H,18,19). The van der Waals surface area contributed by atoms with Gasteiger partial charge in [-0.05, 0) is 44.0 Å². The van der Waals surface area contributed by atoms with Crippen molar-refractivity contribution in [1.29, 1.82) is 0 Å². The molecule has 0 aliphatic heterocycles. The Labute approximate surface area is 122 Å². The zero-order valence-electron chi connectivity index (χ0n) is 11.3. The van der Waals surface area contributed by atoms with E-state index in [1.807, 2.05) is 36.7 Å². The SMILES string of the molecule is Cc1ncsc1CNc1ccc(NC(=O)C2CC2)cc1. The largest absolute Gasteiger partial charge is 0.380 e. The Morgan fingerprint density at radius 1 is 1.30 bits per heavy atom. The number of carbonyl (C=O) groups is 1. The van der Waals surface area contributed by atoms with Crippen molar-refractivity contribution in [3.8, 4) is 0 Å². The quantitative estimate of drug-likeness (QED) is 0.886. The van der Waals surface area contributed by atoms with Gasteiger partial charge in [-0.1, -0.05) is 0 Å². The molecule has 0 radical (unpaired) electrons. The molecular formula is C15H17N3OS. The van der Waals surface area contributed by atoms with Crippen LogP contribution in [0, 0.1) is 12.8 Å². The van der Waals surface area contributed by atoms with Gasteiger partial charge in [0, 0.05) is 22.2 Å². The predicted octanol–water partition coefficient (Wildman–Crippen LogP) is 3.41. The normalized spacial score (nSPS) is 14.1. The molecule has 1 saturated carbocycles. The third-order valence-corrected chi connectivity index (χ3v) is 4.33. The molecule has 1 heterocycles. The molecule has 1 aromatic heterocycles. The van der Waals surface area contributed by atoms with Gasteiger partial charge in [0.15, 0.2) is 0 Å². The number of hydrogen-bond donors (Lipinski definition) is 2. The van der Waals surface area contributed by atoms with Crippen molar-refractivity contribution in [2.24, 2.45) is 5.92 Å². The molecule has 1 amide bonds. The molecule has 2 N–H and O–H groups in total. The minimum absolute atomic E-state index is 0.144. The van der Waals surface area contributed by atoms with Gasteiger partial charge in [-0.2, -0.15) is 0 Å². The van der Waals surface area contributed by atoms with Gasteiger partial charge in [0.1, 0.15) is 0 Å². The number of carbonyl (C=O) groups excluding carboxylic acids is 1. The van der Waals surface area contributed by atoms with Crippen LogP contribution >= 0.6 is 11.3 Å². The minimum atomic E-state index is 0.144. The van der Waals surface area contributed by atoms with E-state index in [1.54, 1.807) is 11.3 Å². The van der Waals surface area contributed by atoms with E-state index in [4.69, 9.17) is 0 Å². The molecule has 0 unspecified atom stereocenters. The molecule has 1 aliphatic rings. The first-order valence-corrected chi connectivity index (χ1v) is 7.64. The minimum Gasteiger partial charge on any atom is -0.380 e. The first-order valence-electron chi connectivity index (χ1n) is 6.76. The summed E-state index contributed by atoms with van der Waals surface area (Å²) in [6, 6.07) is 7.84. The van der Waals surface area contributed by atoms with Crippen LogP contribution in [0.5, 0.6) is 0 Å². The Morgan fingerprint density at radius 3 is 2.60 bits per heavy atom. The van der Waals surface area contributed by atoms with E-state index in [9.17, 15) is 4.79 Å². The molecule has 0 atom stereocenters. The molecule has 20 heavy (non-hydrogen) atoms. The van der Waals surface area contributed by atoms with Crippen LogP contribution in [0.1, 0.15) is 23.4 Å². The first kappa shape index (κ1) is 13.1. The highest BCUT2D eigenvalue weighted by molar-refractivity contribution is 7.09. The van der Waals surface area contributed by atoms with Gasteiger partial charge < -0.3 is 10.6 Å². The summed E-state index contributed by atoms with van der Waals surface area (Å²) in [7, 11) is 0. The van der Waals surface area contributed by atoms with Crippen molar-refractivity contribution in [2.45, 2.75) is 26.3 Å². The number of benzene rings is 1. The van der Waals surface area contributed by atoms with Crippen LogP contribution in [0.3, 0.4) is 0 Å². The summed E-state index contributed by atoms with van der Waals surface area (Å²) in [6.07, 6.45) is 2.05. The highest BCUT2D eigenvalue weighted by Gasteiger charge is 2.29. The number of amides is 1. The average Bonchev–Trinajstić information content (AvgIpc) is 3.22. The maximum Gasteiger partial charge on any atom is 0.227 e.